The first-order valence-electron chi connectivity index (χ1n) is 5.83. The van der Waals surface area contributed by atoms with Gasteiger partial charge in [0.25, 0.3) is 5.47 Å². The molecule has 0 aromatic carbocycles. The molecule has 0 bridgehead atoms. The van der Waals surface area contributed by atoms with Crippen molar-refractivity contribution in [1.82, 2.24) is 5.32 Å². The van der Waals surface area contributed by atoms with Crippen LogP contribution in [0.15, 0.2) is 0 Å². The predicted octanol–water partition coefficient (Wildman–Crippen LogP) is 1.85. The van der Waals surface area contributed by atoms with Crippen LogP contribution in [0.25, 0.3) is 0 Å². The van der Waals surface area contributed by atoms with Gasteiger partial charge in [-0.1, -0.05) is 0 Å². The predicted molar refractivity (Wildman–Crippen MR) is 62.6 cm³/mol. The van der Waals surface area contributed by atoms with Gasteiger partial charge in [0.15, 0.2) is 0 Å². The summed E-state index contributed by atoms with van der Waals surface area (Å²) in [6.45, 7) is 5.83. The minimum atomic E-state index is -3.51. The molecule has 0 radical (unpaired) electrons. The van der Waals surface area contributed by atoms with Gasteiger partial charge < -0.3 is 13.8 Å². The summed E-state index contributed by atoms with van der Waals surface area (Å²) in [6.07, 6.45) is 1.20. The minimum absolute atomic E-state index is 0.238. The Labute approximate surface area is 102 Å². The molecule has 6 nitrogen and oxygen atoms in total. The lowest BCUT2D eigenvalue weighted by Crippen LogP contribution is -2.44. The fourth-order valence-corrected chi connectivity index (χ4v) is 4.05. The SMILES string of the molecule is CCOP(=O)(OCC)C1(OC(C)=O)CCCN1. The summed E-state index contributed by atoms with van der Waals surface area (Å²) >= 11 is 0. The van der Waals surface area contributed by atoms with E-state index in [9.17, 15) is 9.36 Å². The molecule has 1 aliphatic heterocycles. The van der Waals surface area contributed by atoms with Crippen LogP contribution in [0.2, 0.25) is 0 Å². The van der Waals surface area contributed by atoms with Crippen LogP contribution < -0.4 is 5.32 Å². The number of hydrogen-bond donors (Lipinski definition) is 1. The highest BCUT2D eigenvalue weighted by molar-refractivity contribution is 7.55. The van der Waals surface area contributed by atoms with Gasteiger partial charge in [-0.25, -0.2) is 0 Å². The first-order valence-corrected chi connectivity index (χ1v) is 7.38. The maximum Gasteiger partial charge on any atom is 0.389 e. The highest BCUT2D eigenvalue weighted by Gasteiger charge is 2.56. The molecular formula is C10H20NO5P. The van der Waals surface area contributed by atoms with Gasteiger partial charge in [0.05, 0.1) is 13.2 Å². The fourth-order valence-electron chi connectivity index (χ4n) is 1.90. The van der Waals surface area contributed by atoms with E-state index in [-0.39, 0.29) is 13.2 Å². The summed E-state index contributed by atoms with van der Waals surface area (Å²) in [7, 11) is -3.51. The molecule has 1 aliphatic rings. The number of hydrogen-bond acceptors (Lipinski definition) is 6. The molecule has 1 unspecified atom stereocenters. The highest BCUT2D eigenvalue weighted by Crippen LogP contribution is 2.62. The Kier molecular flexibility index (Phi) is 5.13. The molecule has 0 aromatic heterocycles. The van der Waals surface area contributed by atoms with Crippen molar-refractivity contribution in [3.8, 4) is 0 Å². The smallest absolute Gasteiger partial charge is 0.389 e. The molecule has 100 valence electrons. The Morgan fingerprint density at radius 3 is 2.29 bits per heavy atom. The van der Waals surface area contributed by atoms with Crippen molar-refractivity contribution in [3.63, 3.8) is 0 Å². The van der Waals surface area contributed by atoms with E-state index in [0.717, 1.165) is 6.42 Å². The molecule has 1 saturated heterocycles. The third-order valence-electron chi connectivity index (χ3n) is 2.45. The third-order valence-corrected chi connectivity index (χ3v) is 5.00. The second kappa shape index (κ2) is 5.96. The Bertz CT molecular complexity index is 304. The molecule has 0 saturated carbocycles. The van der Waals surface area contributed by atoms with Gasteiger partial charge >= 0.3 is 13.6 Å². The minimum Gasteiger partial charge on any atom is -0.432 e. The van der Waals surface area contributed by atoms with Crippen molar-refractivity contribution < 1.29 is 23.1 Å². The van der Waals surface area contributed by atoms with Crippen LogP contribution in [-0.4, -0.2) is 31.2 Å². The van der Waals surface area contributed by atoms with E-state index in [4.69, 9.17) is 13.8 Å². The zero-order chi connectivity index (χ0) is 12.9. The number of carbonyl (C=O) groups is 1. The van der Waals surface area contributed by atoms with Gasteiger partial charge in [0.2, 0.25) is 0 Å². The molecule has 1 heterocycles. The Hall–Kier alpha value is -0.420. The van der Waals surface area contributed by atoms with Gasteiger partial charge in [-0.05, 0) is 26.8 Å². The number of carbonyl (C=O) groups excluding carboxylic acids is 1. The average Bonchev–Trinajstić information content (AvgIpc) is 2.67. The molecule has 0 aliphatic carbocycles. The highest BCUT2D eigenvalue weighted by atomic mass is 31.2. The zero-order valence-corrected chi connectivity index (χ0v) is 11.4. The van der Waals surface area contributed by atoms with Crippen molar-refractivity contribution in [3.05, 3.63) is 0 Å². The zero-order valence-electron chi connectivity index (χ0n) is 10.5. The van der Waals surface area contributed by atoms with E-state index < -0.39 is 19.0 Å². The van der Waals surface area contributed by atoms with Crippen molar-refractivity contribution in [2.75, 3.05) is 19.8 Å². The van der Waals surface area contributed by atoms with Crippen LogP contribution in [0.5, 0.6) is 0 Å². The number of rotatable bonds is 6. The Morgan fingerprint density at radius 1 is 1.35 bits per heavy atom. The summed E-state index contributed by atoms with van der Waals surface area (Å²) in [5, 5.41) is 2.96. The van der Waals surface area contributed by atoms with Crippen LogP contribution in [0, 0.1) is 0 Å². The van der Waals surface area contributed by atoms with E-state index in [1.54, 1.807) is 13.8 Å². The first-order chi connectivity index (χ1) is 7.99. The maximum absolute atomic E-state index is 12.7. The Balaban J connectivity index is 3.00. The number of ether oxygens (including phenoxy) is 1. The number of esters is 1. The largest absolute Gasteiger partial charge is 0.432 e. The van der Waals surface area contributed by atoms with Crippen molar-refractivity contribution in [1.29, 1.82) is 0 Å². The summed E-state index contributed by atoms with van der Waals surface area (Å²) < 4.78 is 28.4. The first kappa shape index (κ1) is 14.6. The van der Waals surface area contributed by atoms with Gasteiger partial charge in [-0.2, -0.15) is 0 Å². The van der Waals surface area contributed by atoms with Crippen LogP contribution in [0.4, 0.5) is 0 Å². The molecule has 1 atom stereocenters. The van der Waals surface area contributed by atoms with Gasteiger partial charge in [-0.3, -0.25) is 14.7 Å². The van der Waals surface area contributed by atoms with Gasteiger partial charge in [-0.15, -0.1) is 0 Å². The van der Waals surface area contributed by atoms with E-state index in [0.29, 0.717) is 13.0 Å². The molecule has 0 spiro atoms. The molecule has 1 rings (SSSR count). The topological polar surface area (TPSA) is 73.9 Å². The second-order valence-corrected chi connectivity index (χ2v) is 5.98. The van der Waals surface area contributed by atoms with Gasteiger partial charge in [0, 0.05) is 13.3 Å². The van der Waals surface area contributed by atoms with Crippen LogP contribution in [0.1, 0.15) is 33.6 Å². The summed E-state index contributed by atoms with van der Waals surface area (Å²) in [4.78, 5) is 11.2. The Morgan fingerprint density at radius 2 is 1.94 bits per heavy atom. The molecule has 1 N–H and O–H groups in total. The lowest BCUT2D eigenvalue weighted by atomic mass is 10.3. The normalized spacial score (nSPS) is 24.9. The monoisotopic (exact) mass is 265 g/mol. The summed E-state index contributed by atoms with van der Waals surface area (Å²) in [6, 6.07) is 0. The van der Waals surface area contributed by atoms with Crippen molar-refractivity contribution in [2.45, 2.75) is 39.1 Å². The fraction of sp³-hybridized carbons (Fsp3) is 0.900. The molecule has 0 amide bonds. The third kappa shape index (κ3) is 3.07. The van der Waals surface area contributed by atoms with E-state index in [2.05, 4.69) is 5.32 Å². The van der Waals surface area contributed by atoms with Crippen molar-refractivity contribution >= 4 is 13.6 Å². The molecular weight excluding hydrogens is 245 g/mol. The van der Waals surface area contributed by atoms with Gasteiger partial charge in [0.1, 0.15) is 0 Å². The summed E-state index contributed by atoms with van der Waals surface area (Å²) in [5.74, 6) is -0.501. The average molecular weight is 265 g/mol. The van der Waals surface area contributed by atoms with Crippen molar-refractivity contribution in [2.24, 2.45) is 0 Å². The standard InChI is InChI=1S/C10H20NO5P/c1-4-14-17(13,15-5-2)10(16-9(3)12)7-6-8-11-10/h11H,4-8H2,1-3H3. The van der Waals surface area contributed by atoms with E-state index in [1.807, 2.05) is 0 Å². The molecule has 7 heteroatoms. The lowest BCUT2D eigenvalue weighted by Gasteiger charge is -2.34. The van der Waals surface area contributed by atoms with Crippen LogP contribution in [0.3, 0.4) is 0 Å². The second-order valence-electron chi connectivity index (χ2n) is 3.74. The quantitative estimate of drug-likeness (QED) is 0.583. The van der Waals surface area contributed by atoms with Crippen LogP contribution >= 0.6 is 7.60 Å². The van der Waals surface area contributed by atoms with E-state index >= 15 is 0 Å². The maximum atomic E-state index is 12.7. The molecule has 1 fully saturated rings. The number of nitrogens with one attached hydrogen (secondary N) is 1. The summed E-state index contributed by atoms with van der Waals surface area (Å²) in [5.41, 5.74) is -1.31. The molecule has 17 heavy (non-hydrogen) atoms. The lowest BCUT2D eigenvalue weighted by molar-refractivity contribution is -0.152. The van der Waals surface area contributed by atoms with E-state index in [1.165, 1.54) is 6.92 Å². The molecule has 0 aromatic rings. The van der Waals surface area contributed by atoms with Crippen LogP contribution in [-0.2, 0) is 23.1 Å².